The maximum Gasteiger partial charge on any atom is 0.0368 e. The number of aryl methyl sites for hydroxylation is 1. The summed E-state index contributed by atoms with van der Waals surface area (Å²) in [5.74, 6) is 0.598. The van der Waals surface area contributed by atoms with Gasteiger partial charge in [-0.1, -0.05) is 6.07 Å². The smallest absolute Gasteiger partial charge is 0.0368 e. The van der Waals surface area contributed by atoms with E-state index in [0.717, 1.165) is 19.6 Å². The van der Waals surface area contributed by atoms with Crippen LogP contribution in [0.2, 0.25) is 0 Å². The first-order valence-electron chi connectivity index (χ1n) is 6.38. The van der Waals surface area contributed by atoms with Crippen LogP contribution in [0, 0.1) is 0 Å². The normalized spacial score (nSPS) is 18.6. The number of nitrogens with two attached hydrogens (primary N) is 1. The minimum atomic E-state index is 0.598. The monoisotopic (exact) mass is 218 g/mol. The maximum absolute atomic E-state index is 5.79. The molecule has 1 unspecified atom stereocenters. The van der Waals surface area contributed by atoms with E-state index in [1.807, 2.05) is 0 Å². The Morgan fingerprint density at radius 1 is 1.31 bits per heavy atom. The van der Waals surface area contributed by atoms with Gasteiger partial charge in [0.15, 0.2) is 0 Å². The lowest BCUT2D eigenvalue weighted by Gasteiger charge is -2.22. The van der Waals surface area contributed by atoms with Crippen LogP contribution in [0.15, 0.2) is 18.2 Å². The van der Waals surface area contributed by atoms with Gasteiger partial charge in [0.2, 0.25) is 0 Å². The van der Waals surface area contributed by atoms with Gasteiger partial charge in [0.1, 0.15) is 0 Å². The summed E-state index contributed by atoms with van der Waals surface area (Å²) in [5.41, 5.74) is 10.1. The van der Waals surface area contributed by atoms with Crippen molar-refractivity contribution >= 4 is 5.69 Å². The molecule has 0 aliphatic heterocycles. The molecule has 0 heterocycles. The van der Waals surface area contributed by atoms with Gasteiger partial charge in [-0.25, -0.2) is 0 Å². The van der Waals surface area contributed by atoms with E-state index >= 15 is 0 Å². The Labute approximate surface area is 98.4 Å². The summed E-state index contributed by atoms with van der Waals surface area (Å²) < 4.78 is 0. The maximum atomic E-state index is 5.79. The first-order valence-corrected chi connectivity index (χ1v) is 6.38. The summed E-state index contributed by atoms with van der Waals surface area (Å²) in [6.07, 6.45) is 2.43. The third-order valence-electron chi connectivity index (χ3n) is 3.74. The number of hydrogen-bond donors (Lipinski definition) is 1. The van der Waals surface area contributed by atoms with Gasteiger partial charge in [0, 0.05) is 18.8 Å². The lowest BCUT2D eigenvalue weighted by atomic mass is 10.0. The molecular weight excluding hydrogens is 196 g/mol. The predicted molar refractivity (Wildman–Crippen MR) is 70.1 cm³/mol. The fourth-order valence-corrected chi connectivity index (χ4v) is 2.72. The molecule has 0 aromatic heterocycles. The summed E-state index contributed by atoms with van der Waals surface area (Å²) in [7, 11) is 0. The molecule has 0 amide bonds. The van der Waals surface area contributed by atoms with Crippen LogP contribution in [0.4, 0.5) is 5.69 Å². The molecule has 2 N–H and O–H groups in total. The van der Waals surface area contributed by atoms with Crippen molar-refractivity contribution in [3.05, 3.63) is 29.3 Å². The van der Waals surface area contributed by atoms with E-state index in [-0.39, 0.29) is 0 Å². The first-order chi connectivity index (χ1) is 7.80. The molecule has 0 spiro atoms. The quantitative estimate of drug-likeness (QED) is 0.841. The van der Waals surface area contributed by atoms with Gasteiger partial charge in [0.05, 0.1) is 0 Å². The Hall–Kier alpha value is -1.02. The topological polar surface area (TPSA) is 29.3 Å². The highest BCUT2D eigenvalue weighted by Gasteiger charge is 2.21. The highest BCUT2D eigenvalue weighted by Crippen LogP contribution is 2.34. The summed E-state index contributed by atoms with van der Waals surface area (Å²) in [6, 6.07) is 6.89. The van der Waals surface area contributed by atoms with Gasteiger partial charge in [-0.2, -0.15) is 0 Å². The summed E-state index contributed by atoms with van der Waals surface area (Å²) in [4.78, 5) is 2.40. The average molecular weight is 218 g/mol. The predicted octanol–water partition coefficient (Wildman–Crippen LogP) is 2.52. The van der Waals surface area contributed by atoms with Crippen molar-refractivity contribution in [3.63, 3.8) is 0 Å². The second-order valence-corrected chi connectivity index (χ2v) is 4.53. The molecule has 2 heteroatoms. The van der Waals surface area contributed by atoms with Crippen LogP contribution in [-0.2, 0) is 6.42 Å². The highest BCUT2D eigenvalue weighted by atomic mass is 15.1. The standard InChI is InChI=1S/C14H22N2/c1-3-16(4-2)13-7-8-14-11(9-13)5-6-12(14)10-15/h7-9,12H,3-6,10,15H2,1-2H3. The number of rotatable bonds is 4. The lowest BCUT2D eigenvalue weighted by Crippen LogP contribution is -2.21. The SMILES string of the molecule is CCN(CC)c1ccc2c(c1)CCC2CN. The van der Waals surface area contributed by atoms with Gasteiger partial charge in [-0.15, -0.1) is 0 Å². The molecule has 0 fully saturated rings. The molecule has 88 valence electrons. The average Bonchev–Trinajstić information content (AvgIpc) is 2.73. The minimum Gasteiger partial charge on any atom is -0.372 e. The van der Waals surface area contributed by atoms with Gasteiger partial charge in [-0.05, 0) is 62.4 Å². The second-order valence-electron chi connectivity index (χ2n) is 4.53. The Kier molecular flexibility index (Phi) is 3.49. The molecule has 1 atom stereocenters. The van der Waals surface area contributed by atoms with Gasteiger partial charge >= 0.3 is 0 Å². The molecule has 0 saturated heterocycles. The minimum absolute atomic E-state index is 0.598. The van der Waals surface area contributed by atoms with Crippen LogP contribution in [0.3, 0.4) is 0 Å². The largest absolute Gasteiger partial charge is 0.372 e. The Morgan fingerprint density at radius 2 is 2.06 bits per heavy atom. The summed E-state index contributed by atoms with van der Waals surface area (Å²) >= 11 is 0. The first kappa shape index (κ1) is 11.5. The molecule has 16 heavy (non-hydrogen) atoms. The second kappa shape index (κ2) is 4.88. The lowest BCUT2D eigenvalue weighted by molar-refractivity contribution is 0.688. The fourth-order valence-electron chi connectivity index (χ4n) is 2.72. The molecule has 0 bridgehead atoms. The highest BCUT2D eigenvalue weighted by molar-refractivity contribution is 5.53. The number of fused-ring (bicyclic) bond motifs is 1. The molecule has 2 rings (SSSR count). The van der Waals surface area contributed by atoms with Crippen LogP contribution in [-0.4, -0.2) is 19.6 Å². The Balaban J connectivity index is 2.27. The molecule has 1 aromatic carbocycles. The molecule has 2 nitrogen and oxygen atoms in total. The Bertz CT molecular complexity index is 356. The van der Waals surface area contributed by atoms with E-state index in [2.05, 4.69) is 36.9 Å². The fraction of sp³-hybridized carbons (Fsp3) is 0.571. The van der Waals surface area contributed by atoms with Gasteiger partial charge < -0.3 is 10.6 Å². The van der Waals surface area contributed by atoms with Crippen LogP contribution >= 0.6 is 0 Å². The van der Waals surface area contributed by atoms with Crippen molar-refractivity contribution in [2.75, 3.05) is 24.5 Å². The van der Waals surface area contributed by atoms with Crippen LogP contribution < -0.4 is 10.6 Å². The van der Waals surface area contributed by atoms with Crippen molar-refractivity contribution in [1.29, 1.82) is 0 Å². The van der Waals surface area contributed by atoms with E-state index in [0.29, 0.717) is 5.92 Å². The van der Waals surface area contributed by atoms with Crippen LogP contribution in [0.1, 0.15) is 37.3 Å². The van der Waals surface area contributed by atoms with Crippen LogP contribution in [0.5, 0.6) is 0 Å². The van der Waals surface area contributed by atoms with E-state index < -0.39 is 0 Å². The third kappa shape index (κ3) is 1.94. The molecule has 1 aromatic rings. The molecule has 0 saturated carbocycles. The van der Waals surface area contributed by atoms with Crippen LogP contribution in [0.25, 0.3) is 0 Å². The van der Waals surface area contributed by atoms with E-state index in [1.54, 1.807) is 0 Å². The number of benzene rings is 1. The van der Waals surface area contributed by atoms with E-state index in [4.69, 9.17) is 5.73 Å². The number of nitrogens with zero attached hydrogens (tertiary/aromatic N) is 1. The van der Waals surface area contributed by atoms with Crippen molar-refractivity contribution in [3.8, 4) is 0 Å². The number of anilines is 1. The third-order valence-corrected chi connectivity index (χ3v) is 3.74. The van der Waals surface area contributed by atoms with Crippen molar-refractivity contribution in [2.45, 2.75) is 32.6 Å². The van der Waals surface area contributed by atoms with E-state index in [1.165, 1.54) is 29.7 Å². The Morgan fingerprint density at radius 3 is 2.69 bits per heavy atom. The van der Waals surface area contributed by atoms with Gasteiger partial charge in [-0.3, -0.25) is 0 Å². The zero-order valence-electron chi connectivity index (χ0n) is 10.4. The van der Waals surface area contributed by atoms with Gasteiger partial charge in [0.25, 0.3) is 0 Å². The summed E-state index contributed by atoms with van der Waals surface area (Å²) in [5, 5.41) is 0. The summed E-state index contributed by atoms with van der Waals surface area (Å²) in [6.45, 7) is 7.36. The zero-order chi connectivity index (χ0) is 11.5. The van der Waals surface area contributed by atoms with E-state index in [9.17, 15) is 0 Å². The zero-order valence-corrected chi connectivity index (χ0v) is 10.4. The molecule has 1 aliphatic rings. The van der Waals surface area contributed by atoms with Crippen molar-refractivity contribution < 1.29 is 0 Å². The number of hydrogen-bond acceptors (Lipinski definition) is 2. The van der Waals surface area contributed by atoms with Crippen molar-refractivity contribution in [2.24, 2.45) is 5.73 Å². The molecular formula is C14H22N2. The van der Waals surface area contributed by atoms with Crippen molar-refractivity contribution in [1.82, 2.24) is 0 Å². The molecule has 1 aliphatic carbocycles. The molecule has 0 radical (unpaired) electrons.